The van der Waals surface area contributed by atoms with Crippen LogP contribution in [-0.4, -0.2) is 44.3 Å². The van der Waals surface area contributed by atoms with Crippen LogP contribution in [0.3, 0.4) is 0 Å². The van der Waals surface area contributed by atoms with E-state index in [4.69, 9.17) is 17.3 Å². The van der Waals surface area contributed by atoms with Gasteiger partial charge in [0.25, 0.3) is 5.91 Å². The number of likely N-dealkylation sites (tertiary alicyclic amines) is 1. The molecule has 0 aromatic carbocycles. The summed E-state index contributed by atoms with van der Waals surface area (Å²) >= 11 is 4.99. The fraction of sp³-hybridized carbons (Fsp3) is 0.273. The molecule has 1 aromatic rings. The SMILES string of the molecule is O=C(O)[C@@H]1CC(=S)CN1C(=O)c1ccncc1. The molecule has 1 amide bonds. The minimum Gasteiger partial charge on any atom is -0.480 e. The molecule has 1 aliphatic heterocycles. The second-order valence-electron chi connectivity index (χ2n) is 3.77. The van der Waals surface area contributed by atoms with Crippen LogP contribution >= 0.6 is 12.2 Å². The van der Waals surface area contributed by atoms with Crippen molar-refractivity contribution in [2.75, 3.05) is 6.54 Å². The molecule has 0 radical (unpaired) electrons. The number of carbonyl (C=O) groups excluding carboxylic acids is 1. The van der Waals surface area contributed by atoms with Crippen molar-refractivity contribution in [3.63, 3.8) is 0 Å². The van der Waals surface area contributed by atoms with Crippen LogP contribution in [0.5, 0.6) is 0 Å². The van der Waals surface area contributed by atoms with E-state index >= 15 is 0 Å². The number of carboxylic acid groups (broad SMARTS) is 1. The second-order valence-corrected chi connectivity index (χ2v) is 4.34. The van der Waals surface area contributed by atoms with Crippen molar-refractivity contribution >= 4 is 29.0 Å². The second kappa shape index (κ2) is 4.58. The lowest BCUT2D eigenvalue weighted by Gasteiger charge is -2.20. The Hall–Kier alpha value is -1.82. The number of aromatic nitrogens is 1. The number of thiocarbonyl (C=S) groups is 1. The Labute approximate surface area is 103 Å². The van der Waals surface area contributed by atoms with E-state index in [1.807, 2.05) is 0 Å². The van der Waals surface area contributed by atoms with E-state index in [0.717, 1.165) is 0 Å². The molecular weight excluding hydrogens is 240 g/mol. The molecule has 0 saturated carbocycles. The Kier molecular flexibility index (Phi) is 3.14. The number of hydrogen-bond acceptors (Lipinski definition) is 4. The van der Waals surface area contributed by atoms with Crippen molar-refractivity contribution in [2.45, 2.75) is 12.5 Å². The van der Waals surface area contributed by atoms with Crippen molar-refractivity contribution in [1.29, 1.82) is 0 Å². The molecule has 1 fully saturated rings. The molecule has 5 nitrogen and oxygen atoms in total. The molecular formula is C11H10N2O3S. The third kappa shape index (κ3) is 2.31. The highest BCUT2D eigenvalue weighted by Gasteiger charge is 2.37. The lowest BCUT2D eigenvalue weighted by molar-refractivity contribution is -0.141. The van der Waals surface area contributed by atoms with Crippen LogP contribution in [0.1, 0.15) is 16.8 Å². The summed E-state index contributed by atoms with van der Waals surface area (Å²) in [5.41, 5.74) is 0.427. The van der Waals surface area contributed by atoms with Gasteiger partial charge in [0.2, 0.25) is 0 Å². The monoisotopic (exact) mass is 250 g/mol. The molecule has 1 aliphatic rings. The summed E-state index contributed by atoms with van der Waals surface area (Å²) in [6.07, 6.45) is 3.25. The van der Waals surface area contributed by atoms with Crippen molar-refractivity contribution in [3.8, 4) is 0 Å². The Morgan fingerprint density at radius 3 is 2.65 bits per heavy atom. The zero-order valence-corrected chi connectivity index (χ0v) is 9.68. The molecule has 1 saturated heterocycles. The maximum atomic E-state index is 12.1. The third-order valence-corrected chi connectivity index (χ3v) is 2.91. The van der Waals surface area contributed by atoms with Gasteiger partial charge in [-0.2, -0.15) is 0 Å². The first-order valence-corrected chi connectivity index (χ1v) is 5.46. The summed E-state index contributed by atoms with van der Waals surface area (Å²) in [6, 6.07) is 2.27. The summed E-state index contributed by atoms with van der Waals surface area (Å²) in [7, 11) is 0. The minimum absolute atomic E-state index is 0.230. The Morgan fingerprint density at radius 1 is 1.41 bits per heavy atom. The average molecular weight is 250 g/mol. The molecule has 1 N–H and O–H groups in total. The van der Waals surface area contributed by atoms with Crippen molar-refractivity contribution in [2.24, 2.45) is 0 Å². The quantitative estimate of drug-likeness (QED) is 0.784. The fourth-order valence-corrected chi connectivity index (χ4v) is 2.08. The van der Waals surface area contributed by atoms with Crippen LogP contribution in [0.25, 0.3) is 0 Å². The predicted octanol–water partition coefficient (Wildman–Crippen LogP) is 0.751. The highest BCUT2D eigenvalue weighted by molar-refractivity contribution is 7.80. The molecule has 0 spiro atoms. The molecule has 2 heterocycles. The van der Waals surface area contributed by atoms with Crippen LogP contribution in [0.4, 0.5) is 0 Å². The number of pyridine rings is 1. The standard InChI is InChI=1S/C11H10N2O3S/c14-10(7-1-3-12-4-2-7)13-6-8(17)5-9(13)11(15)16/h1-4,9H,5-6H2,(H,15,16)/t9-/m0/s1. The highest BCUT2D eigenvalue weighted by Crippen LogP contribution is 2.18. The van der Waals surface area contributed by atoms with Crippen LogP contribution < -0.4 is 0 Å². The van der Waals surface area contributed by atoms with Gasteiger partial charge in [-0.05, 0) is 12.1 Å². The summed E-state index contributed by atoms with van der Waals surface area (Å²) in [4.78, 5) is 28.8. The van der Waals surface area contributed by atoms with Gasteiger partial charge in [-0.1, -0.05) is 12.2 Å². The van der Waals surface area contributed by atoms with E-state index in [9.17, 15) is 9.59 Å². The molecule has 88 valence electrons. The lowest BCUT2D eigenvalue weighted by atomic mass is 10.2. The Morgan fingerprint density at radius 2 is 2.06 bits per heavy atom. The lowest BCUT2D eigenvalue weighted by Crippen LogP contribution is -2.40. The molecule has 0 bridgehead atoms. The summed E-state index contributed by atoms with van der Waals surface area (Å²) < 4.78 is 0. The topological polar surface area (TPSA) is 70.5 Å². The number of hydrogen-bond donors (Lipinski definition) is 1. The van der Waals surface area contributed by atoms with E-state index in [1.54, 1.807) is 12.1 Å². The van der Waals surface area contributed by atoms with Gasteiger partial charge in [-0.3, -0.25) is 9.78 Å². The van der Waals surface area contributed by atoms with Crippen LogP contribution in [0.2, 0.25) is 0 Å². The molecule has 1 atom stereocenters. The molecule has 0 aliphatic carbocycles. The molecule has 6 heteroatoms. The third-order valence-electron chi connectivity index (χ3n) is 2.62. The highest BCUT2D eigenvalue weighted by atomic mass is 32.1. The van der Waals surface area contributed by atoms with Gasteiger partial charge in [-0.25, -0.2) is 4.79 Å². The summed E-state index contributed by atoms with van der Waals surface area (Å²) in [6.45, 7) is 0.230. The van der Waals surface area contributed by atoms with Crippen LogP contribution in [0.15, 0.2) is 24.5 Å². The zero-order valence-electron chi connectivity index (χ0n) is 8.87. The van der Waals surface area contributed by atoms with E-state index in [0.29, 0.717) is 10.4 Å². The number of carbonyl (C=O) groups is 2. The molecule has 17 heavy (non-hydrogen) atoms. The average Bonchev–Trinajstić information content (AvgIpc) is 2.72. The number of carboxylic acids is 1. The first-order valence-electron chi connectivity index (χ1n) is 5.05. The van der Waals surface area contributed by atoms with Gasteiger partial charge >= 0.3 is 5.97 Å². The van der Waals surface area contributed by atoms with Gasteiger partial charge in [0.15, 0.2) is 0 Å². The Balaban J connectivity index is 2.25. The van der Waals surface area contributed by atoms with Gasteiger partial charge < -0.3 is 10.0 Å². The fourth-order valence-electron chi connectivity index (χ4n) is 1.78. The smallest absolute Gasteiger partial charge is 0.326 e. The van der Waals surface area contributed by atoms with Gasteiger partial charge in [0.05, 0.1) is 6.54 Å². The number of amides is 1. The Bertz CT molecular complexity index is 475. The van der Waals surface area contributed by atoms with E-state index < -0.39 is 12.0 Å². The first-order chi connectivity index (χ1) is 8.09. The summed E-state index contributed by atoms with van der Waals surface area (Å²) in [5.74, 6) is -1.34. The minimum atomic E-state index is -1.02. The van der Waals surface area contributed by atoms with E-state index in [-0.39, 0.29) is 18.9 Å². The van der Waals surface area contributed by atoms with Gasteiger partial charge in [0.1, 0.15) is 6.04 Å². The molecule has 1 aromatic heterocycles. The maximum Gasteiger partial charge on any atom is 0.326 e. The maximum absolute atomic E-state index is 12.1. The van der Waals surface area contributed by atoms with Gasteiger partial charge in [0, 0.05) is 29.2 Å². The zero-order chi connectivity index (χ0) is 12.4. The van der Waals surface area contributed by atoms with Crippen molar-refractivity contribution in [3.05, 3.63) is 30.1 Å². The number of aliphatic carboxylic acids is 1. The summed E-state index contributed by atoms with van der Waals surface area (Å²) in [5, 5.41) is 9.03. The number of nitrogens with zero attached hydrogens (tertiary/aromatic N) is 2. The first kappa shape index (κ1) is 11.7. The van der Waals surface area contributed by atoms with Crippen molar-refractivity contribution in [1.82, 2.24) is 9.88 Å². The van der Waals surface area contributed by atoms with Crippen molar-refractivity contribution < 1.29 is 14.7 Å². The normalized spacial score (nSPS) is 19.4. The van der Waals surface area contributed by atoms with E-state index in [2.05, 4.69) is 4.98 Å². The predicted molar refractivity (Wildman–Crippen MR) is 63.9 cm³/mol. The molecule has 0 unspecified atom stereocenters. The van der Waals surface area contributed by atoms with Gasteiger partial charge in [-0.15, -0.1) is 0 Å². The molecule has 2 rings (SSSR count). The van der Waals surface area contributed by atoms with Crippen LogP contribution in [0, 0.1) is 0 Å². The van der Waals surface area contributed by atoms with Crippen LogP contribution in [-0.2, 0) is 4.79 Å². The largest absolute Gasteiger partial charge is 0.480 e. The number of rotatable bonds is 2. The van der Waals surface area contributed by atoms with E-state index in [1.165, 1.54) is 17.3 Å².